The molecule has 1 aromatic heterocycles. The van der Waals surface area contributed by atoms with E-state index in [0.717, 1.165) is 31.2 Å². The summed E-state index contributed by atoms with van der Waals surface area (Å²) in [5.41, 5.74) is 1.67. The average Bonchev–Trinajstić information content (AvgIpc) is 2.83. The van der Waals surface area contributed by atoms with Gasteiger partial charge < -0.3 is 10.1 Å². The number of carbonyl (C=O) groups excluding carboxylic acids is 2. The number of amides is 1. The van der Waals surface area contributed by atoms with Gasteiger partial charge in [-0.15, -0.1) is 11.3 Å². The average molecular weight is 323 g/mol. The summed E-state index contributed by atoms with van der Waals surface area (Å²) in [6, 6.07) is 0. The van der Waals surface area contributed by atoms with Gasteiger partial charge in [-0.3, -0.25) is 4.79 Å². The molecule has 0 bridgehead atoms. The van der Waals surface area contributed by atoms with Crippen LogP contribution in [0.3, 0.4) is 0 Å². The van der Waals surface area contributed by atoms with Gasteiger partial charge in [0, 0.05) is 10.8 Å². The molecule has 0 saturated heterocycles. The third-order valence-corrected chi connectivity index (χ3v) is 5.46. The topological polar surface area (TPSA) is 55.4 Å². The van der Waals surface area contributed by atoms with Crippen LogP contribution in [0.4, 0.5) is 5.00 Å². The molecule has 122 valence electrons. The van der Waals surface area contributed by atoms with E-state index in [2.05, 4.69) is 12.2 Å². The first kappa shape index (κ1) is 17.0. The molecule has 5 heteroatoms. The molecule has 4 nitrogen and oxygen atoms in total. The van der Waals surface area contributed by atoms with Crippen LogP contribution in [-0.2, 0) is 22.4 Å². The predicted molar refractivity (Wildman–Crippen MR) is 89.5 cm³/mol. The molecule has 0 saturated carbocycles. The summed E-state index contributed by atoms with van der Waals surface area (Å²) in [4.78, 5) is 25.8. The maximum Gasteiger partial charge on any atom is 0.341 e. The van der Waals surface area contributed by atoms with E-state index in [-0.39, 0.29) is 17.8 Å². The number of hydrogen-bond donors (Lipinski definition) is 1. The molecular formula is C17H25NO3S. The number of nitrogens with one attached hydrogen (secondary N) is 1. The van der Waals surface area contributed by atoms with Crippen molar-refractivity contribution in [1.82, 2.24) is 0 Å². The Kier molecular flexibility index (Phi) is 5.62. The van der Waals surface area contributed by atoms with Gasteiger partial charge >= 0.3 is 5.97 Å². The van der Waals surface area contributed by atoms with Crippen molar-refractivity contribution >= 4 is 28.2 Å². The van der Waals surface area contributed by atoms with Gasteiger partial charge in [0.2, 0.25) is 5.91 Å². The molecule has 0 aliphatic heterocycles. The van der Waals surface area contributed by atoms with Crippen LogP contribution in [0.15, 0.2) is 0 Å². The monoisotopic (exact) mass is 323 g/mol. The molecule has 22 heavy (non-hydrogen) atoms. The van der Waals surface area contributed by atoms with E-state index in [1.54, 1.807) is 18.3 Å². The highest BCUT2D eigenvalue weighted by atomic mass is 32.1. The van der Waals surface area contributed by atoms with Crippen molar-refractivity contribution in [2.45, 2.75) is 53.4 Å². The van der Waals surface area contributed by atoms with Gasteiger partial charge in [0.05, 0.1) is 12.2 Å². The lowest BCUT2D eigenvalue weighted by Crippen LogP contribution is -2.21. The van der Waals surface area contributed by atoms with Gasteiger partial charge in [-0.25, -0.2) is 4.79 Å². The van der Waals surface area contributed by atoms with Crippen LogP contribution in [0.25, 0.3) is 0 Å². The van der Waals surface area contributed by atoms with Gasteiger partial charge in [-0.05, 0) is 44.1 Å². The minimum Gasteiger partial charge on any atom is -0.462 e. The second kappa shape index (κ2) is 7.27. The molecule has 1 heterocycles. The first-order valence-electron chi connectivity index (χ1n) is 8.10. The first-order chi connectivity index (χ1) is 10.5. The van der Waals surface area contributed by atoms with E-state index in [4.69, 9.17) is 4.74 Å². The molecule has 0 radical (unpaired) electrons. The number of thiophene rings is 1. The van der Waals surface area contributed by atoms with Crippen LogP contribution in [0, 0.1) is 11.8 Å². The molecule has 0 aromatic carbocycles. The van der Waals surface area contributed by atoms with Crippen molar-refractivity contribution in [1.29, 1.82) is 0 Å². The fraction of sp³-hybridized carbons (Fsp3) is 0.647. The summed E-state index contributed by atoms with van der Waals surface area (Å²) >= 11 is 1.54. The van der Waals surface area contributed by atoms with Gasteiger partial charge in [0.1, 0.15) is 5.00 Å². The third-order valence-electron chi connectivity index (χ3n) is 4.29. The first-order valence-corrected chi connectivity index (χ1v) is 8.92. The molecule has 1 aliphatic carbocycles. The normalized spacial score (nSPS) is 18.5. The Morgan fingerprint density at radius 3 is 2.77 bits per heavy atom. The molecule has 1 N–H and O–H groups in total. The van der Waals surface area contributed by atoms with E-state index in [9.17, 15) is 9.59 Å². The number of anilines is 1. The summed E-state index contributed by atoms with van der Waals surface area (Å²) in [5, 5.41) is 3.62. The number of rotatable bonds is 5. The summed E-state index contributed by atoms with van der Waals surface area (Å²) in [6.45, 7) is 8.26. The summed E-state index contributed by atoms with van der Waals surface area (Å²) in [5.74, 6) is 0.223. The van der Waals surface area contributed by atoms with Crippen molar-refractivity contribution in [3.05, 3.63) is 16.0 Å². The SMILES string of the molecule is CCOC(=O)c1c(NC(=O)[C@@H](C)CC)sc2c1CC[C@@H](C)C2. The highest BCUT2D eigenvalue weighted by Crippen LogP contribution is 2.40. The summed E-state index contributed by atoms with van der Waals surface area (Å²) < 4.78 is 5.20. The standard InChI is InChI=1S/C17H25NO3S/c1-5-11(4)15(19)18-16-14(17(20)21-6-2)12-8-7-10(3)9-13(12)22-16/h10-11H,5-9H2,1-4H3,(H,18,19)/t10-,11+/m1/s1. The second-order valence-electron chi connectivity index (χ2n) is 6.07. The van der Waals surface area contributed by atoms with Crippen LogP contribution >= 0.6 is 11.3 Å². The van der Waals surface area contributed by atoms with Crippen molar-refractivity contribution in [3.63, 3.8) is 0 Å². The number of carbonyl (C=O) groups is 2. The number of fused-ring (bicyclic) bond motifs is 1. The zero-order valence-electron chi connectivity index (χ0n) is 13.8. The summed E-state index contributed by atoms with van der Waals surface area (Å²) in [6.07, 6.45) is 3.73. The second-order valence-corrected chi connectivity index (χ2v) is 7.18. The Balaban J connectivity index is 2.35. The minimum absolute atomic E-state index is 0.0281. The van der Waals surface area contributed by atoms with Crippen molar-refractivity contribution < 1.29 is 14.3 Å². The van der Waals surface area contributed by atoms with E-state index in [0.29, 0.717) is 23.1 Å². The van der Waals surface area contributed by atoms with Gasteiger partial charge in [-0.2, -0.15) is 0 Å². The minimum atomic E-state index is -0.311. The van der Waals surface area contributed by atoms with E-state index in [1.807, 2.05) is 13.8 Å². The fourth-order valence-corrected chi connectivity index (χ4v) is 4.08. The van der Waals surface area contributed by atoms with Crippen LogP contribution < -0.4 is 5.32 Å². The molecule has 1 aliphatic rings. The number of ether oxygens (including phenoxy) is 1. The Labute approximate surface area is 136 Å². The van der Waals surface area contributed by atoms with Crippen LogP contribution in [0.1, 0.15) is 61.3 Å². The Morgan fingerprint density at radius 1 is 1.41 bits per heavy atom. The third kappa shape index (κ3) is 3.51. The van der Waals surface area contributed by atoms with E-state index in [1.165, 1.54) is 4.88 Å². The lowest BCUT2D eigenvalue weighted by atomic mass is 9.88. The smallest absolute Gasteiger partial charge is 0.341 e. The molecule has 1 aromatic rings. The highest BCUT2D eigenvalue weighted by molar-refractivity contribution is 7.17. The maximum atomic E-state index is 12.3. The predicted octanol–water partition coefficient (Wildman–Crippen LogP) is 4.03. The molecule has 2 atom stereocenters. The number of hydrogen-bond acceptors (Lipinski definition) is 4. The summed E-state index contributed by atoms with van der Waals surface area (Å²) in [7, 11) is 0. The van der Waals surface area contributed by atoms with E-state index < -0.39 is 0 Å². The number of esters is 1. The largest absolute Gasteiger partial charge is 0.462 e. The molecule has 0 unspecified atom stereocenters. The van der Waals surface area contributed by atoms with Gasteiger partial charge in [0.25, 0.3) is 0 Å². The van der Waals surface area contributed by atoms with Crippen molar-refractivity contribution in [2.75, 3.05) is 11.9 Å². The Bertz CT molecular complexity index is 564. The lowest BCUT2D eigenvalue weighted by molar-refractivity contribution is -0.119. The highest BCUT2D eigenvalue weighted by Gasteiger charge is 2.29. The van der Waals surface area contributed by atoms with Crippen LogP contribution in [0.5, 0.6) is 0 Å². The molecular weight excluding hydrogens is 298 g/mol. The van der Waals surface area contributed by atoms with Gasteiger partial charge in [0.15, 0.2) is 0 Å². The van der Waals surface area contributed by atoms with Crippen molar-refractivity contribution in [3.8, 4) is 0 Å². The lowest BCUT2D eigenvalue weighted by Gasteiger charge is -2.18. The molecule has 1 amide bonds. The quantitative estimate of drug-likeness (QED) is 0.832. The Morgan fingerprint density at radius 2 is 2.14 bits per heavy atom. The van der Waals surface area contributed by atoms with Crippen LogP contribution in [-0.4, -0.2) is 18.5 Å². The maximum absolute atomic E-state index is 12.3. The van der Waals surface area contributed by atoms with Gasteiger partial charge in [-0.1, -0.05) is 20.8 Å². The van der Waals surface area contributed by atoms with Crippen LogP contribution in [0.2, 0.25) is 0 Å². The Hall–Kier alpha value is -1.36. The van der Waals surface area contributed by atoms with Crippen molar-refractivity contribution in [2.24, 2.45) is 11.8 Å². The molecule has 0 spiro atoms. The zero-order chi connectivity index (χ0) is 16.3. The van der Waals surface area contributed by atoms with E-state index >= 15 is 0 Å². The molecule has 2 rings (SSSR count). The fourth-order valence-electron chi connectivity index (χ4n) is 2.68. The zero-order valence-corrected chi connectivity index (χ0v) is 14.6. The molecule has 0 fully saturated rings.